The molecule has 2 fully saturated rings. The van der Waals surface area contributed by atoms with Crippen molar-refractivity contribution in [1.82, 2.24) is 15.1 Å². The molecule has 16 heavy (non-hydrogen) atoms. The molecular formula is C12H25N3O. The van der Waals surface area contributed by atoms with E-state index < -0.39 is 0 Å². The molecule has 0 bridgehead atoms. The van der Waals surface area contributed by atoms with Crippen LogP contribution in [0.25, 0.3) is 0 Å². The number of nitrogens with zero attached hydrogens (tertiary/aromatic N) is 2. The number of β-amino-alcohol motifs (C(OH)–C–C–N with tert-alkyl or cyclic N) is 1. The maximum absolute atomic E-state index is 8.93. The minimum Gasteiger partial charge on any atom is -0.395 e. The zero-order chi connectivity index (χ0) is 11.2. The monoisotopic (exact) mass is 227 g/mol. The molecule has 0 aromatic rings. The Labute approximate surface area is 98.6 Å². The molecule has 2 saturated heterocycles. The van der Waals surface area contributed by atoms with E-state index in [-0.39, 0.29) is 0 Å². The third-order valence-corrected chi connectivity index (χ3v) is 3.82. The van der Waals surface area contributed by atoms with Crippen LogP contribution in [-0.4, -0.2) is 73.9 Å². The Morgan fingerprint density at radius 3 is 2.25 bits per heavy atom. The first-order valence-electron chi connectivity index (χ1n) is 6.65. The van der Waals surface area contributed by atoms with E-state index in [4.69, 9.17) is 5.11 Å². The predicted molar refractivity (Wildman–Crippen MR) is 65.6 cm³/mol. The van der Waals surface area contributed by atoms with Crippen LogP contribution >= 0.6 is 0 Å². The van der Waals surface area contributed by atoms with Crippen LogP contribution in [0.2, 0.25) is 0 Å². The fraction of sp³-hybridized carbons (Fsp3) is 1.00. The van der Waals surface area contributed by atoms with Crippen LogP contribution < -0.4 is 5.32 Å². The maximum atomic E-state index is 8.93. The Morgan fingerprint density at radius 2 is 1.69 bits per heavy atom. The molecule has 0 atom stereocenters. The zero-order valence-corrected chi connectivity index (χ0v) is 10.2. The lowest BCUT2D eigenvalue weighted by Crippen LogP contribution is -2.44. The highest BCUT2D eigenvalue weighted by Crippen LogP contribution is 2.10. The largest absolute Gasteiger partial charge is 0.395 e. The van der Waals surface area contributed by atoms with E-state index in [0.717, 1.165) is 25.6 Å². The molecule has 2 aliphatic rings. The second-order valence-corrected chi connectivity index (χ2v) is 5.07. The molecule has 4 heteroatoms. The highest BCUT2D eigenvalue weighted by molar-refractivity contribution is 4.77. The number of hydrogen-bond donors (Lipinski definition) is 2. The summed E-state index contributed by atoms with van der Waals surface area (Å²) in [5, 5.41) is 12.3. The van der Waals surface area contributed by atoms with E-state index in [9.17, 15) is 0 Å². The topological polar surface area (TPSA) is 38.7 Å². The van der Waals surface area contributed by atoms with Crippen LogP contribution in [0.3, 0.4) is 0 Å². The summed E-state index contributed by atoms with van der Waals surface area (Å²) in [7, 11) is 0. The molecule has 0 radical (unpaired) electrons. The lowest BCUT2D eigenvalue weighted by Gasteiger charge is -2.30. The Bertz CT molecular complexity index is 197. The Morgan fingerprint density at radius 1 is 1.00 bits per heavy atom. The van der Waals surface area contributed by atoms with Gasteiger partial charge >= 0.3 is 0 Å². The third-order valence-electron chi connectivity index (χ3n) is 3.82. The summed E-state index contributed by atoms with van der Waals surface area (Å²) in [6, 6.07) is 0. The van der Waals surface area contributed by atoms with Gasteiger partial charge in [-0.3, -0.25) is 4.90 Å². The van der Waals surface area contributed by atoms with E-state index in [0.29, 0.717) is 6.61 Å². The lowest BCUT2D eigenvalue weighted by atomic mass is 9.99. The van der Waals surface area contributed by atoms with Crippen molar-refractivity contribution in [1.29, 1.82) is 0 Å². The van der Waals surface area contributed by atoms with Gasteiger partial charge < -0.3 is 15.3 Å². The molecule has 0 aliphatic carbocycles. The molecule has 94 valence electrons. The van der Waals surface area contributed by atoms with Gasteiger partial charge in [-0.1, -0.05) is 0 Å². The van der Waals surface area contributed by atoms with Crippen molar-refractivity contribution >= 4 is 0 Å². The van der Waals surface area contributed by atoms with Crippen LogP contribution in [0.5, 0.6) is 0 Å². The highest BCUT2D eigenvalue weighted by Gasteiger charge is 2.19. The van der Waals surface area contributed by atoms with Gasteiger partial charge in [0.25, 0.3) is 0 Å². The molecule has 2 aliphatic heterocycles. The SMILES string of the molecule is OCCN1CCCN(CCC2CNC2)CC1. The van der Waals surface area contributed by atoms with Crippen LogP contribution in [0.15, 0.2) is 0 Å². The Kier molecular flexibility index (Phi) is 5.03. The van der Waals surface area contributed by atoms with E-state index >= 15 is 0 Å². The fourth-order valence-corrected chi connectivity index (χ4v) is 2.53. The van der Waals surface area contributed by atoms with Crippen molar-refractivity contribution in [2.24, 2.45) is 5.92 Å². The minimum absolute atomic E-state index is 0.299. The van der Waals surface area contributed by atoms with Gasteiger partial charge in [0.05, 0.1) is 6.61 Å². The standard InChI is InChI=1S/C12H25N3O/c16-9-8-15-4-1-3-14(6-7-15)5-2-12-10-13-11-12/h12-13,16H,1-11H2. The summed E-state index contributed by atoms with van der Waals surface area (Å²) in [6.07, 6.45) is 2.61. The van der Waals surface area contributed by atoms with Crippen LogP contribution in [0.1, 0.15) is 12.8 Å². The summed E-state index contributed by atoms with van der Waals surface area (Å²) in [5.74, 6) is 0.928. The van der Waals surface area contributed by atoms with Crippen molar-refractivity contribution in [3.8, 4) is 0 Å². The number of aliphatic hydroxyl groups excluding tert-OH is 1. The van der Waals surface area contributed by atoms with E-state index in [1.165, 1.54) is 45.6 Å². The summed E-state index contributed by atoms with van der Waals surface area (Å²) in [6.45, 7) is 9.57. The normalized spacial score (nSPS) is 25.3. The summed E-state index contributed by atoms with van der Waals surface area (Å²) >= 11 is 0. The van der Waals surface area contributed by atoms with Crippen molar-refractivity contribution in [2.75, 3.05) is 59.0 Å². The van der Waals surface area contributed by atoms with E-state index in [2.05, 4.69) is 15.1 Å². The van der Waals surface area contributed by atoms with Gasteiger partial charge in [-0.05, 0) is 51.5 Å². The molecule has 0 aromatic carbocycles. The second kappa shape index (κ2) is 6.55. The van der Waals surface area contributed by atoms with E-state index in [1.807, 2.05) is 0 Å². The van der Waals surface area contributed by atoms with Crippen molar-refractivity contribution in [3.63, 3.8) is 0 Å². The summed E-state index contributed by atoms with van der Waals surface area (Å²) in [4.78, 5) is 4.97. The molecule has 2 N–H and O–H groups in total. The molecule has 0 saturated carbocycles. The van der Waals surface area contributed by atoms with Gasteiger partial charge in [0.2, 0.25) is 0 Å². The Hall–Kier alpha value is -0.160. The molecule has 2 heterocycles. The molecule has 4 nitrogen and oxygen atoms in total. The molecular weight excluding hydrogens is 202 g/mol. The smallest absolute Gasteiger partial charge is 0.0558 e. The van der Waals surface area contributed by atoms with Crippen molar-refractivity contribution < 1.29 is 5.11 Å². The first kappa shape index (κ1) is 12.3. The van der Waals surface area contributed by atoms with Gasteiger partial charge in [-0.2, -0.15) is 0 Å². The van der Waals surface area contributed by atoms with Gasteiger partial charge in [0.15, 0.2) is 0 Å². The van der Waals surface area contributed by atoms with Crippen LogP contribution in [0, 0.1) is 5.92 Å². The average molecular weight is 227 g/mol. The van der Waals surface area contributed by atoms with Crippen LogP contribution in [0.4, 0.5) is 0 Å². The zero-order valence-electron chi connectivity index (χ0n) is 10.2. The summed E-state index contributed by atoms with van der Waals surface area (Å²) < 4.78 is 0. The fourth-order valence-electron chi connectivity index (χ4n) is 2.53. The maximum Gasteiger partial charge on any atom is 0.0558 e. The quantitative estimate of drug-likeness (QED) is 0.670. The average Bonchev–Trinajstić information content (AvgIpc) is 2.42. The highest BCUT2D eigenvalue weighted by atomic mass is 16.3. The van der Waals surface area contributed by atoms with Gasteiger partial charge in [0, 0.05) is 19.6 Å². The van der Waals surface area contributed by atoms with Crippen molar-refractivity contribution in [2.45, 2.75) is 12.8 Å². The second-order valence-electron chi connectivity index (χ2n) is 5.07. The molecule has 0 aromatic heterocycles. The van der Waals surface area contributed by atoms with Gasteiger partial charge in [-0.15, -0.1) is 0 Å². The number of hydrogen-bond acceptors (Lipinski definition) is 4. The van der Waals surface area contributed by atoms with Gasteiger partial charge in [-0.25, -0.2) is 0 Å². The first-order chi connectivity index (χ1) is 7.88. The van der Waals surface area contributed by atoms with E-state index in [1.54, 1.807) is 0 Å². The van der Waals surface area contributed by atoms with Crippen molar-refractivity contribution in [3.05, 3.63) is 0 Å². The molecule has 0 amide bonds. The molecule has 0 spiro atoms. The first-order valence-corrected chi connectivity index (χ1v) is 6.65. The number of nitrogens with one attached hydrogen (secondary N) is 1. The summed E-state index contributed by atoms with van der Waals surface area (Å²) in [5.41, 5.74) is 0. The predicted octanol–water partition coefficient (Wildman–Crippen LogP) is -0.404. The molecule has 2 rings (SSSR count). The van der Waals surface area contributed by atoms with Gasteiger partial charge in [0.1, 0.15) is 0 Å². The Balaban J connectivity index is 1.62. The molecule has 0 unspecified atom stereocenters. The number of aliphatic hydroxyl groups is 1. The lowest BCUT2D eigenvalue weighted by molar-refractivity contribution is 0.192. The number of rotatable bonds is 5. The van der Waals surface area contributed by atoms with Crippen LogP contribution in [-0.2, 0) is 0 Å². The third kappa shape index (κ3) is 3.70. The minimum atomic E-state index is 0.299.